The fourth-order valence-corrected chi connectivity index (χ4v) is 2.93. The molecule has 3 aromatic rings. The molecule has 2 N–H and O–H groups in total. The van der Waals surface area contributed by atoms with Crippen molar-refractivity contribution in [1.29, 1.82) is 0 Å². The van der Waals surface area contributed by atoms with Crippen LogP contribution in [0.1, 0.15) is 19.2 Å². The van der Waals surface area contributed by atoms with E-state index in [4.69, 9.17) is 20.9 Å². The molecule has 0 aliphatic carbocycles. The molecule has 9 heteroatoms. The number of hydrogen-bond acceptors (Lipinski definition) is 6. The van der Waals surface area contributed by atoms with E-state index in [1.165, 1.54) is 0 Å². The van der Waals surface area contributed by atoms with Gasteiger partial charge in [0, 0.05) is 29.1 Å². The van der Waals surface area contributed by atoms with Crippen LogP contribution in [0, 0.1) is 0 Å². The first-order chi connectivity index (χ1) is 14.0. The molecule has 0 spiro atoms. The molecule has 1 aromatic heterocycles. The number of carbonyl (C=O) groups is 2. The summed E-state index contributed by atoms with van der Waals surface area (Å²) in [5.41, 5.74) is 1.86. The van der Waals surface area contributed by atoms with Crippen molar-refractivity contribution in [2.45, 2.75) is 25.9 Å². The van der Waals surface area contributed by atoms with Gasteiger partial charge in [0.15, 0.2) is 6.10 Å². The summed E-state index contributed by atoms with van der Waals surface area (Å²) in [4.78, 5) is 28.3. The zero-order valence-electron chi connectivity index (χ0n) is 15.4. The Labute approximate surface area is 171 Å². The van der Waals surface area contributed by atoms with Gasteiger partial charge in [0.2, 0.25) is 17.6 Å². The topological polar surface area (TPSA) is 106 Å². The second kappa shape index (κ2) is 7.92. The van der Waals surface area contributed by atoms with Gasteiger partial charge in [0.05, 0.1) is 5.69 Å². The number of nitrogens with one attached hydrogen (secondary N) is 2. The molecule has 2 heterocycles. The minimum Gasteiger partial charge on any atom is -0.479 e. The number of fused-ring (bicyclic) bond motifs is 1. The molecule has 0 saturated carbocycles. The van der Waals surface area contributed by atoms with Crippen LogP contribution >= 0.6 is 11.6 Å². The van der Waals surface area contributed by atoms with Gasteiger partial charge >= 0.3 is 0 Å². The number of carbonyl (C=O) groups excluding carboxylic acids is 2. The molecule has 1 atom stereocenters. The predicted octanol–water partition coefficient (Wildman–Crippen LogP) is 3.68. The zero-order chi connectivity index (χ0) is 20.4. The van der Waals surface area contributed by atoms with Gasteiger partial charge in [-0.15, -0.1) is 0 Å². The van der Waals surface area contributed by atoms with Gasteiger partial charge in [-0.3, -0.25) is 9.59 Å². The Morgan fingerprint density at radius 3 is 2.83 bits per heavy atom. The molecule has 8 nitrogen and oxygen atoms in total. The standard InChI is InChI=1S/C20H17ClN4O4/c1-11-20(27)23-15-10-14(6-7-16(15)28-11)22-17(26)8-9-18-24-19(25-29-18)12-2-4-13(21)5-3-12/h2-7,10-11H,8-9H2,1H3,(H,22,26)(H,23,27)/t11-/m1/s1. The Bertz CT molecular complexity index is 1060. The third-order valence-corrected chi connectivity index (χ3v) is 4.58. The number of aryl methyl sites for hydroxylation is 1. The third-order valence-electron chi connectivity index (χ3n) is 4.33. The van der Waals surface area contributed by atoms with E-state index >= 15 is 0 Å². The molecule has 2 amide bonds. The van der Waals surface area contributed by atoms with E-state index in [0.717, 1.165) is 5.56 Å². The fraction of sp³-hybridized carbons (Fsp3) is 0.200. The first-order valence-corrected chi connectivity index (χ1v) is 9.36. The van der Waals surface area contributed by atoms with Gasteiger partial charge in [-0.05, 0) is 49.4 Å². The molecule has 2 aromatic carbocycles. The normalized spacial score (nSPS) is 15.2. The van der Waals surface area contributed by atoms with Crippen LogP contribution in [0.5, 0.6) is 5.75 Å². The van der Waals surface area contributed by atoms with Crippen LogP contribution in [0.15, 0.2) is 47.0 Å². The molecule has 4 rings (SSSR count). The van der Waals surface area contributed by atoms with Gasteiger partial charge in [-0.1, -0.05) is 16.8 Å². The number of aromatic nitrogens is 2. The SMILES string of the molecule is C[C@H]1Oc2ccc(NC(=O)CCc3nc(-c4ccc(Cl)cc4)no3)cc2NC1=O. The number of anilines is 2. The van der Waals surface area contributed by atoms with Gasteiger partial charge in [0.25, 0.3) is 5.91 Å². The minimum atomic E-state index is -0.546. The Kier molecular flexibility index (Phi) is 5.18. The summed E-state index contributed by atoms with van der Waals surface area (Å²) in [6.07, 6.45) is -0.0800. The molecule has 0 unspecified atom stereocenters. The molecule has 0 bridgehead atoms. The highest BCUT2D eigenvalue weighted by molar-refractivity contribution is 6.30. The van der Waals surface area contributed by atoms with E-state index in [1.807, 2.05) is 0 Å². The summed E-state index contributed by atoms with van der Waals surface area (Å²) in [5.74, 6) is 0.930. The van der Waals surface area contributed by atoms with E-state index in [2.05, 4.69) is 20.8 Å². The molecule has 1 aliphatic heterocycles. The van der Waals surface area contributed by atoms with Crippen LogP contribution in [0.2, 0.25) is 5.02 Å². The highest BCUT2D eigenvalue weighted by atomic mass is 35.5. The summed E-state index contributed by atoms with van der Waals surface area (Å²) in [6, 6.07) is 12.2. The first-order valence-electron chi connectivity index (χ1n) is 8.98. The zero-order valence-corrected chi connectivity index (χ0v) is 16.2. The number of halogens is 1. The summed E-state index contributed by atoms with van der Waals surface area (Å²) in [6.45, 7) is 1.67. The quantitative estimate of drug-likeness (QED) is 0.662. The molecule has 0 fully saturated rings. The van der Waals surface area contributed by atoms with Crippen LogP contribution < -0.4 is 15.4 Å². The lowest BCUT2D eigenvalue weighted by Crippen LogP contribution is -2.34. The van der Waals surface area contributed by atoms with Gasteiger partial charge < -0.3 is 19.9 Å². The molecular formula is C20H17ClN4O4. The average Bonchev–Trinajstić information content (AvgIpc) is 3.17. The highest BCUT2D eigenvalue weighted by Gasteiger charge is 2.23. The van der Waals surface area contributed by atoms with Crippen LogP contribution in [-0.4, -0.2) is 28.1 Å². The smallest absolute Gasteiger partial charge is 0.265 e. The van der Waals surface area contributed by atoms with E-state index in [9.17, 15) is 9.59 Å². The van der Waals surface area contributed by atoms with Crippen molar-refractivity contribution in [1.82, 2.24) is 10.1 Å². The van der Waals surface area contributed by atoms with Crippen molar-refractivity contribution in [3.8, 4) is 17.1 Å². The molecule has 148 valence electrons. The summed E-state index contributed by atoms with van der Waals surface area (Å²) in [7, 11) is 0. The highest BCUT2D eigenvalue weighted by Crippen LogP contribution is 2.32. The Balaban J connectivity index is 1.34. The van der Waals surface area contributed by atoms with Crippen LogP contribution in [0.25, 0.3) is 11.4 Å². The molecular weight excluding hydrogens is 396 g/mol. The molecule has 0 saturated heterocycles. The number of benzene rings is 2. The van der Waals surface area contributed by atoms with Gasteiger partial charge in [-0.2, -0.15) is 4.98 Å². The lowest BCUT2D eigenvalue weighted by atomic mass is 10.2. The maximum atomic E-state index is 12.3. The van der Waals surface area contributed by atoms with Crippen molar-refractivity contribution < 1.29 is 18.8 Å². The van der Waals surface area contributed by atoms with E-state index < -0.39 is 6.10 Å². The largest absolute Gasteiger partial charge is 0.479 e. The average molecular weight is 413 g/mol. The van der Waals surface area contributed by atoms with Crippen molar-refractivity contribution in [2.75, 3.05) is 10.6 Å². The maximum Gasteiger partial charge on any atom is 0.265 e. The van der Waals surface area contributed by atoms with Crippen LogP contribution in [0.4, 0.5) is 11.4 Å². The number of amides is 2. The second-order valence-electron chi connectivity index (χ2n) is 6.53. The first kappa shape index (κ1) is 18.9. The predicted molar refractivity (Wildman–Crippen MR) is 107 cm³/mol. The van der Waals surface area contributed by atoms with Crippen molar-refractivity contribution in [3.05, 3.63) is 53.4 Å². The van der Waals surface area contributed by atoms with Gasteiger partial charge in [0.1, 0.15) is 5.75 Å². The van der Waals surface area contributed by atoms with Crippen molar-refractivity contribution in [2.24, 2.45) is 0 Å². The van der Waals surface area contributed by atoms with Crippen LogP contribution in [-0.2, 0) is 16.0 Å². The second-order valence-corrected chi connectivity index (χ2v) is 6.96. The van der Waals surface area contributed by atoms with Crippen molar-refractivity contribution >= 4 is 34.8 Å². The van der Waals surface area contributed by atoms with Crippen molar-refractivity contribution in [3.63, 3.8) is 0 Å². The maximum absolute atomic E-state index is 12.3. The number of ether oxygens (including phenoxy) is 1. The molecule has 29 heavy (non-hydrogen) atoms. The Morgan fingerprint density at radius 1 is 1.24 bits per heavy atom. The van der Waals surface area contributed by atoms with E-state index in [0.29, 0.717) is 40.3 Å². The molecule has 0 radical (unpaired) electrons. The monoisotopic (exact) mass is 412 g/mol. The fourth-order valence-electron chi connectivity index (χ4n) is 2.80. The number of hydrogen-bond donors (Lipinski definition) is 2. The number of nitrogens with zero attached hydrogens (tertiary/aromatic N) is 2. The minimum absolute atomic E-state index is 0.166. The lowest BCUT2D eigenvalue weighted by molar-refractivity contribution is -0.122. The van der Waals surface area contributed by atoms with Crippen LogP contribution in [0.3, 0.4) is 0 Å². The number of rotatable bonds is 5. The van der Waals surface area contributed by atoms with Gasteiger partial charge in [-0.25, -0.2) is 0 Å². The Hall–Kier alpha value is -3.39. The summed E-state index contributed by atoms with van der Waals surface area (Å²) >= 11 is 5.87. The van der Waals surface area contributed by atoms with E-state index in [1.54, 1.807) is 49.4 Å². The summed E-state index contributed by atoms with van der Waals surface area (Å²) < 4.78 is 10.7. The van der Waals surface area contributed by atoms with E-state index in [-0.39, 0.29) is 18.2 Å². The summed E-state index contributed by atoms with van der Waals surface area (Å²) in [5, 5.41) is 10.1. The Morgan fingerprint density at radius 2 is 2.03 bits per heavy atom. The third kappa shape index (κ3) is 4.38. The molecule has 1 aliphatic rings. The lowest BCUT2D eigenvalue weighted by Gasteiger charge is -2.23.